The maximum absolute atomic E-state index is 15.0. The van der Waals surface area contributed by atoms with Gasteiger partial charge in [-0.25, -0.2) is 26.6 Å². The van der Waals surface area contributed by atoms with Crippen LogP contribution in [0.5, 0.6) is 0 Å². The van der Waals surface area contributed by atoms with E-state index in [1.165, 1.54) is 43.5 Å². The molecule has 0 fully saturated rings. The third-order valence-electron chi connectivity index (χ3n) is 6.24. The van der Waals surface area contributed by atoms with Crippen molar-refractivity contribution in [2.24, 2.45) is 0 Å². The van der Waals surface area contributed by atoms with Gasteiger partial charge in [-0.3, -0.25) is 4.31 Å². The van der Waals surface area contributed by atoms with Gasteiger partial charge in [0.2, 0.25) is 5.82 Å². The normalized spacial score (nSPS) is 12.9. The lowest BCUT2D eigenvalue weighted by molar-refractivity contribution is -0.147. The minimum atomic E-state index is -4.66. The average Bonchev–Trinajstić information content (AvgIpc) is 3.36. The van der Waals surface area contributed by atoms with Crippen molar-refractivity contribution in [2.45, 2.75) is 43.4 Å². The van der Waals surface area contributed by atoms with Gasteiger partial charge in [-0.1, -0.05) is 17.7 Å². The summed E-state index contributed by atoms with van der Waals surface area (Å²) in [6.45, 7) is 1.32. The minimum absolute atomic E-state index is 0.0490. The predicted molar refractivity (Wildman–Crippen MR) is 138 cm³/mol. The Labute approximate surface area is 231 Å². The fourth-order valence-electron chi connectivity index (χ4n) is 4.43. The van der Waals surface area contributed by atoms with E-state index in [2.05, 4.69) is 4.98 Å². The van der Waals surface area contributed by atoms with Crippen molar-refractivity contribution in [2.75, 3.05) is 4.31 Å². The van der Waals surface area contributed by atoms with Gasteiger partial charge in [0.25, 0.3) is 10.0 Å². The van der Waals surface area contributed by atoms with Gasteiger partial charge in [0.15, 0.2) is 0 Å². The zero-order chi connectivity index (χ0) is 29.2. The fraction of sp³-hybridized carbons (Fsp3) is 0.222. The molecule has 212 valence electrons. The minimum Gasteiger partial charge on any atom is -0.327 e. The number of hydrogen-bond acceptors (Lipinski definition) is 3. The van der Waals surface area contributed by atoms with Crippen LogP contribution in [0.4, 0.5) is 32.0 Å². The van der Waals surface area contributed by atoms with Gasteiger partial charge in [-0.2, -0.15) is 13.2 Å². The molecule has 3 aromatic carbocycles. The predicted octanol–water partition coefficient (Wildman–Crippen LogP) is 7.56. The second kappa shape index (κ2) is 11.5. The molecule has 0 unspecified atom stereocenters. The van der Waals surface area contributed by atoms with Crippen molar-refractivity contribution in [1.29, 1.82) is 0 Å². The molecule has 0 aliphatic rings. The maximum Gasteiger partial charge on any atom is 0.449 e. The van der Waals surface area contributed by atoms with Gasteiger partial charge >= 0.3 is 6.18 Å². The van der Waals surface area contributed by atoms with E-state index in [0.717, 1.165) is 41.1 Å². The molecule has 5 nitrogen and oxygen atoms in total. The first kappa shape index (κ1) is 29.5. The Morgan fingerprint density at radius 2 is 1.62 bits per heavy atom. The number of rotatable bonds is 9. The first-order chi connectivity index (χ1) is 18.8. The van der Waals surface area contributed by atoms with Crippen LogP contribution in [0.3, 0.4) is 0 Å². The second-order valence-electron chi connectivity index (χ2n) is 8.92. The van der Waals surface area contributed by atoms with Crippen LogP contribution in [0.2, 0.25) is 5.02 Å². The van der Waals surface area contributed by atoms with Crippen LogP contribution in [0.25, 0.3) is 0 Å². The summed E-state index contributed by atoms with van der Waals surface area (Å²) < 4.78 is 112. The highest BCUT2D eigenvalue weighted by atomic mass is 35.5. The Hall–Kier alpha value is -3.51. The van der Waals surface area contributed by atoms with E-state index in [-0.39, 0.29) is 40.4 Å². The number of aromatic nitrogens is 2. The second-order valence-corrected chi connectivity index (χ2v) is 11.2. The SMILES string of the molecule is C[C@H](c1ccc(F)cc1CCCn1ccnc1C(F)(F)F)N(c1cc(F)ccc1F)S(=O)(=O)c1ccc(Cl)cc1. The van der Waals surface area contributed by atoms with Crippen molar-refractivity contribution >= 4 is 27.3 Å². The quantitative estimate of drug-likeness (QED) is 0.186. The third kappa shape index (κ3) is 6.28. The van der Waals surface area contributed by atoms with Crippen LogP contribution in [-0.2, 0) is 29.2 Å². The van der Waals surface area contributed by atoms with Crippen LogP contribution in [-0.4, -0.2) is 18.0 Å². The molecule has 1 atom stereocenters. The molecular weight excluding hydrogens is 580 g/mol. The van der Waals surface area contributed by atoms with E-state index in [1.54, 1.807) is 0 Å². The number of halogens is 7. The lowest BCUT2D eigenvalue weighted by Crippen LogP contribution is -2.35. The average molecular weight is 602 g/mol. The van der Waals surface area contributed by atoms with E-state index < -0.39 is 51.2 Å². The number of benzene rings is 3. The van der Waals surface area contributed by atoms with Gasteiger partial charge in [-0.15, -0.1) is 0 Å². The van der Waals surface area contributed by atoms with Crippen molar-refractivity contribution < 1.29 is 34.8 Å². The summed E-state index contributed by atoms with van der Waals surface area (Å²) in [6.07, 6.45) is -2.31. The van der Waals surface area contributed by atoms with Gasteiger partial charge in [-0.05, 0) is 79.4 Å². The van der Waals surface area contributed by atoms with Crippen molar-refractivity contribution in [3.63, 3.8) is 0 Å². The van der Waals surface area contributed by atoms with Crippen LogP contribution in [0, 0.1) is 17.5 Å². The number of anilines is 1. The molecule has 0 bridgehead atoms. The molecule has 13 heteroatoms. The molecule has 4 rings (SSSR count). The topological polar surface area (TPSA) is 55.2 Å². The molecule has 0 aliphatic carbocycles. The lowest BCUT2D eigenvalue weighted by Gasteiger charge is -2.32. The van der Waals surface area contributed by atoms with E-state index in [9.17, 15) is 30.4 Å². The zero-order valence-corrected chi connectivity index (χ0v) is 22.4. The van der Waals surface area contributed by atoms with E-state index in [0.29, 0.717) is 4.31 Å². The molecule has 40 heavy (non-hydrogen) atoms. The summed E-state index contributed by atoms with van der Waals surface area (Å²) in [6, 6.07) is 9.79. The molecule has 0 saturated heterocycles. The smallest absolute Gasteiger partial charge is 0.327 e. The highest BCUT2D eigenvalue weighted by Gasteiger charge is 2.36. The number of alkyl halides is 3. The lowest BCUT2D eigenvalue weighted by atomic mass is 9.97. The summed E-state index contributed by atoms with van der Waals surface area (Å²) in [4.78, 5) is 3.08. The molecular formula is C27H22ClF6N3O2S. The first-order valence-electron chi connectivity index (χ1n) is 11.9. The van der Waals surface area contributed by atoms with Crippen LogP contribution in [0.1, 0.15) is 36.3 Å². The van der Waals surface area contributed by atoms with Crippen LogP contribution >= 0.6 is 11.6 Å². The number of aryl methyl sites for hydroxylation is 2. The Morgan fingerprint density at radius 1 is 0.975 bits per heavy atom. The monoisotopic (exact) mass is 601 g/mol. The molecule has 0 aliphatic heterocycles. The summed E-state index contributed by atoms with van der Waals surface area (Å²) in [5, 5.41) is 0.253. The molecule has 0 saturated carbocycles. The summed E-state index contributed by atoms with van der Waals surface area (Å²) in [5.41, 5.74) is -0.0375. The number of nitrogens with zero attached hydrogens (tertiary/aromatic N) is 3. The van der Waals surface area contributed by atoms with Gasteiger partial charge < -0.3 is 4.57 Å². The first-order valence-corrected chi connectivity index (χ1v) is 13.7. The molecule has 0 spiro atoms. The highest BCUT2D eigenvalue weighted by Crippen LogP contribution is 2.37. The van der Waals surface area contributed by atoms with E-state index >= 15 is 4.39 Å². The van der Waals surface area contributed by atoms with Crippen LogP contribution < -0.4 is 4.31 Å². The number of sulfonamides is 1. The molecule has 0 amide bonds. The Balaban J connectivity index is 1.74. The summed E-state index contributed by atoms with van der Waals surface area (Å²) in [5.74, 6) is -3.65. The third-order valence-corrected chi connectivity index (χ3v) is 8.39. The molecule has 1 heterocycles. The molecule has 0 radical (unpaired) electrons. The van der Waals surface area contributed by atoms with Crippen molar-refractivity contribution in [3.05, 3.63) is 112 Å². The Bertz CT molecular complexity index is 1610. The maximum atomic E-state index is 15.0. The van der Waals surface area contributed by atoms with Crippen molar-refractivity contribution in [3.8, 4) is 0 Å². The van der Waals surface area contributed by atoms with Gasteiger partial charge in [0.1, 0.15) is 17.5 Å². The van der Waals surface area contributed by atoms with Gasteiger partial charge in [0, 0.05) is 30.0 Å². The Kier molecular flexibility index (Phi) is 8.50. The zero-order valence-electron chi connectivity index (χ0n) is 20.8. The fourth-order valence-corrected chi connectivity index (χ4v) is 6.19. The van der Waals surface area contributed by atoms with E-state index in [1.807, 2.05) is 0 Å². The standard InChI is InChI=1S/C27H22ClF6N3O2S/c1-17(23-10-6-20(29)15-18(23)3-2-13-36-14-12-35-26(36)27(32,33)34)37(25-16-21(30)7-11-24(25)31)40(38,39)22-8-4-19(28)5-9-22/h4-12,14-17H,2-3,13H2,1H3/t17-/m1/s1. The highest BCUT2D eigenvalue weighted by molar-refractivity contribution is 7.92. The molecule has 4 aromatic rings. The Morgan fingerprint density at radius 3 is 2.30 bits per heavy atom. The van der Waals surface area contributed by atoms with Crippen molar-refractivity contribution in [1.82, 2.24) is 9.55 Å². The summed E-state index contributed by atoms with van der Waals surface area (Å²) in [7, 11) is -4.53. The number of imidazole rings is 1. The van der Waals surface area contributed by atoms with Crippen LogP contribution in [0.15, 0.2) is 78.0 Å². The number of hydrogen-bond donors (Lipinski definition) is 0. The van der Waals surface area contributed by atoms with Gasteiger partial charge in [0.05, 0.1) is 16.6 Å². The van der Waals surface area contributed by atoms with E-state index in [4.69, 9.17) is 11.6 Å². The molecule has 1 aromatic heterocycles. The largest absolute Gasteiger partial charge is 0.449 e. The molecule has 0 N–H and O–H groups in total. The summed E-state index contributed by atoms with van der Waals surface area (Å²) >= 11 is 5.90.